The van der Waals surface area contributed by atoms with Gasteiger partial charge in [0.05, 0.1) is 24.0 Å². The predicted molar refractivity (Wildman–Crippen MR) is 125 cm³/mol. The van der Waals surface area contributed by atoms with Crippen LogP contribution in [0.25, 0.3) is 0 Å². The summed E-state index contributed by atoms with van der Waals surface area (Å²) < 4.78 is 5.03. The van der Waals surface area contributed by atoms with Crippen molar-refractivity contribution in [1.29, 1.82) is 0 Å². The maximum absolute atomic E-state index is 13.9. The standard InChI is InChI=1S/C27H29NO3/c1-18(2)21-15-11-16-22(19(3)4)25(21)28(26(29)20-12-7-6-8-13-20)24-17-10-9-14-23(24)27(30)31-5/h6-19H,1-5H3. The number of hydrogen-bond donors (Lipinski definition) is 0. The highest BCUT2D eigenvalue weighted by atomic mass is 16.5. The molecule has 4 nitrogen and oxygen atoms in total. The molecule has 0 aliphatic heterocycles. The molecule has 3 aromatic carbocycles. The first-order valence-electron chi connectivity index (χ1n) is 10.6. The summed E-state index contributed by atoms with van der Waals surface area (Å²) in [4.78, 5) is 28.2. The topological polar surface area (TPSA) is 46.6 Å². The van der Waals surface area contributed by atoms with Crippen LogP contribution in [-0.4, -0.2) is 19.0 Å². The SMILES string of the molecule is COC(=O)c1ccccc1N(C(=O)c1ccccc1)c1c(C(C)C)cccc1C(C)C. The zero-order chi connectivity index (χ0) is 22.5. The minimum absolute atomic E-state index is 0.185. The molecule has 3 rings (SSSR count). The zero-order valence-corrected chi connectivity index (χ0v) is 18.8. The summed E-state index contributed by atoms with van der Waals surface area (Å²) in [7, 11) is 1.35. The second-order valence-electron chi connectivity index (χ2n) is 8.11. The highest BCUT2D eigenvalue weighted by Crippen LogP contribution is 2.41. The molecule has 0 saturated heterocycles. The molecule has 1 amide bonds. The molecule has 0 heterocycles. The van der Waals surface area contributed by atoms with Crippen molar-refractivity contribution in [2.45, 2.75) is 39.5 Å². The molecule has 0 aromatic heterocycles. The van der Waals surface area contributed by atoms with Gasteiger partial charge in [-0.15, -0.1) is 0 Å². The molecule has 4 heteroatoms. The van der Waals surface area contributed by atoms with Gasteiger partial charge >= 0.3 is 5.97 Å². The number of esters is 1. The molecule has 0 unspecified atom stereocenters. The molecule has 0 atom stereocenters. The average Bonchev–Trinajstić information content (AvgIpc) is 2.79. The smallest absolute Gasteiger partial charge is 0.339 e. The van der Waals surface area contributed by atoms with E-state index in [1.54, 1.807) is 35.2 Å². The van der Waals surface area contributed by atoms with Gasteiger partial charge in [-0.25, -0.2) is 4.79 Å². The van der Waals surface area contributed by atoms with E-state index in [2.05, 4.69) is 39.8 Å². The zero-order valence-electron chi connectivity index (χ0n) is 18.8. The number of nitrogens with zero attached hydrogens (tertiary/aromatic N) is 1. The maximum atomic E-state index is 13.9. The number of anilines is 2. The fourth-order valence-corrected chi connectivity index (χ4v) is 3.76. The highest BCUT2D eigenvalue weighted by Gasteiger charge is 2.29. The molecule has 0 bridgehead atoms. The van der Waals surface area contributed by atoms with Crippen molar-refractivity contribution in [2.24, 2.45) is 0 Å². The Morgan fingerprint density at radius 2 is 1.29 bits per heavy atom. The molecular formula is C27H29NO3. The van der Waals surface area contributed by atoms with Gasteiger partial charge in [-0.2, -0.15) is 0 Å². The molecular weight excluding hydrogens is 386 g/mol. The Kier molecular flexibility index (Phi) is 6.91. The predicted octanol–water partition coefficient (Wildman–Crippen LogP) is 6.70. The summed E-state index contributed by atoms with van der Waals surface area (Å²) in [5.41, 5.74) is 4.35. The Morgan fingerprint density at radius 3 is 1.84 bits per heavy atom. The molecule has 0 spiro atoms. The summed E-state index contributed by atoms with van der Waals surface area (Å²) in [6.45, 7) is 8.45. The second kappa shape index (κ2) is 9.61. The van der Waals surface area contributed by atoms with Crippen molar-refractivity contribution in [3.8, 4) is 0 Å². The Hall–Kier alpha value is -3.40. The third kappa shape index (κ3) is 4.53. The number of benzene rings is 3. The first kappa shape index (κ1) is 22.3. The summed E-state index contributed by atoms with van der Waals surface area (Å²) in [5.74, 6) is -0.295. The third-order valence-electron chi connectivity index (χ3n) is 5.34. The lowest BCUT2D eigenvalue weighted by Crippen LogP contribution is -2.30. The summed E-state index contributed by atoms with van der Waals surface area (Å²) >= 11 is 0. The van der Waals surface area contributed by atoms with Crippen LogP contribution >= 0.6 is 0 Å². The molecule has 0 aliphatic carbocycles. The van der Waals surface area contributed by atoms with Crippen LogP contribution in [0.5, 0.6) is 0 Å². The van der Waals surface area contributed by atoms with Gasteiger partial charge in [0.1, 0.15) is 0 Å². The average molecular weight is 416 g/mol. The molecule has 160 valence electrons. The van der Waals surface area contributed by atoms with Crippen LogP contribution in [0.2, 0.25) is 0 Å². The minimum atomic E-state index is -0.477. The summed E-state index contributed by atoms with van der Waals surface area (Å²) in [6.07, 6.45) is 0. The minimum Gasteiger partial charge on any atom is -0.465 e. The van der Waals surface area contributed by atoms with Gasteiger partial charge in [0.15, 0.2) is 0 Å². The molecule has 3 aromatic rings. The van der Waals surface area contributed by atoms with E-state index >= 15 is 0 Å². The largest absolute Gasteiger partial charge is 0.465 e. The molecule has 0 aliphatic rings. The first-order valence-corrected chi connectivity index (χ1v) is 10.6. The normalized spacial score (nSPS) is 10.9. The van der Waals surface area contributed by atoms with Gasteiger partial charge in [0.2, 0.25) is 0 Å². The van der Waals surface area contributed by atoms with Gasteiger partial charge in [-0.3, -0.25) is 9.69 Å². The number of para-hydroxylation sites is 2. The summed E-state index contributed by atoms with van der Waals surface area (Å²) in [5, 5.41) is 0. The van der Waals surface area contributed by atoms with Crippen molar-refractivity contribution < 1.29 is 14.3 Å². The van der Waals surface area contributed by atoms with E-state index in [4.69, 9.17) is 4.74 Å². The van der Waals surface area contributed by atoms with Crippen LogP contribution in [0.1, 0.15) is 71.4 Å². The van der Waals surface area contributed by atoms with Crippen LogP contribution < -0.4 is 4.90 Å². The maximum Gasteiger partial charge on any atom is 0.339 e. The van der Waals surface area contributed by atoms with Gasteiger partial charge < -0.3 is 4.74 Å². The van der Waals surface area contributed by atoms with E-state index in [1.165, 1.54) is 7.11 Å². The molecule has 0 saturated carbocycles. The van der Waals surface area contributed by atoms with E-state index in [0.29, 0.717) is 16.8 Å². The Bertz CT molecular complexity index is 1040. The van der Waals surface area contributed by atoms with E-state index in [9.17, 15) is 9.59 Å². The fraction of sp³-hybridized carbons (Fsp3) is 0.259. The lowest BCUT2D eigenvalue weighted by atomic mass is 9.91. The van der Waals surface area contributed by atoms with Crippen molar-refractivity contribution in [2.75, 3.05) is 12.0 Å². The van der Waals surface area contributed by atoms with Crippen LogP contribution in [0, 0.1) is 0 Å². The monoisotopic (exact) mass is 415 g/mol. The number of ether oxygens (including phenoxy) is 1. The third-order valence-corrected chi connectivity index (χ3v) is 5.34. The van der Waals surface area contributed by atoms with Crippen molar-refractivity contribution in [3.63, 3.8) is 0 Å². The Morgan fingerprint density at radius 1 is 0.742 bits per heavy atom. The van der Waals surface area contributed by atoms with E-state index < -0.39 is 5.97 Å². The molecule has 0 fully saturated rings. The number of hydrogen-bond acceptors (Lipinski definition) is 3. The first-order chi connectivity index (χ1) is 14.9. The van der Waals surface area contributed by atoms with E-state index in [0.717, 1.165) is 16.8 Å². The van der Waals surface area contributed by atoms with Crippen molar-refractivity contribution in [1.82, 2.24) is 0 Å². The molecule has 0 radical (unpaired) electrons. The van der Waals surface area contributed by atoms with Crippen LogP contribution in [0.4, 0.5) is 11.4 Å². The Labute approximate surface area is 184 Å². The number of carbonyl (C=O) groups excluding carboxylic acids is 2. The highest BCUT2D eigenvalue weighted by molar-refractivity contribution is 6.14. The van der Waals surface area contributed by atoms with Gasteiger partial charge in [0, 0.05) is 5.56 Å². The number of amides is 1. The second-order valence-corrected chi connectivity index (χ2v) is 8.11. The number of rotatable bonds is 6. The van der Waals surface area contributed by atoms with Crippen LogP contribution in [0.15, 0.2) is 72.8 Å². The lowest BCUT2D eigenvalue weighted by molar-refractivity contribution is 0.0601. The molecule has 0 N–H and O–H groups in total. The van der Waals surface area contributed by atoms with E-state index in [-0.39, 0.29) is 17.7 Å². The molecule has 31 heavy (non-hydrogen) atoms. The Balaban J connectivity index is 2.38. The quantitative estimate of drug-likeness (QED) is 0.421. The fourth-order valence-electron chi connectivity index (χ4n) is 3.76. The van der Waals surface area contributed by atoms with Crippen molar-refractivity contribution >= 4 is 23.3 Å². The van der Waals surface area contributed by atoms with E-state index in [1.807, 2.05) is 30.3 Å². The van der Waals surface area contributed by atoms with Gasteiger partial charge in [0.25, 0.3) is 5.91 Å². The van der Waals surface area contributed by atoms with Gasteiger partial charge in [-0.1, -0.05) is 76.2 Å². The lowest BCUT2D eigenvalue weighted by Gasteiger charge is -2.31. The van der Waals surface area contributed by atoms with Crippen LogP contribution in [0.3, 0.4) is 0 Å². The van der Waals surface area contributed by atoms with Crippen LogP contribution in [-0.2, 0) is 4.74 Å². The number of carbonyl (C=O) groups is 2. The van der Waals surface area contributed by atoms with Gasteiger partial charge in [-0.05, 0) is 47.2 Å². The van der Waals surface area contributed by atoms with Crippen molar-refractivity contribution in [3.05, 3.63) is 95.1 Å². The number of methoxy groups -OCH3 is 1. The summed E-state index contributed by atoms with van der Waals surface area (Å²) in [6, 6.07) is 22.4.